The van der Waals surface area contributed by atoms with Crippen LogP contribution in [0.5, 0.6) is 11.5 Å². The van der Waals surface area contributed by atoms with Gasteiger partial charge in [-0.2, -0.15) is 8.78 Å². The smallest absolute Gasteiger partial charge is 0.387 e. The Morgan fingerprint density at radius 3 is 2.52 bits per heavy atom. The van der Waals surface area contributed by atoms with Crippen LogP contribution in [0.4, 0.5) is 24.8 Å². The fourth-order valence-electron chi connectivity index (χ4n) is 3.76. The van der Waals surface area contributed by atoms with Crippen molar-refractivity contribution < 1.29 is 22.6 Å². The fourth-order valence-corrected chi connectivity index (χ4v) is 3.76. The number of rotatable bonds is 7. The van der Waals surface area contributed by atoms with Crippen LogP contribution in [0.25, 0.3) is 11.0 Å². The first-order valence-corrected chi connectivity index (χ1v) is 10.9. The van der Waals surface area contributed by atoms with E-state index < -0.39 is 12.4 Å². The van der Waals surface area contributed by atoms with E-state index in [2.05, 4.69) is 19.9 Å². The van der Waals surface area contributed by atoms with Crippen molar-refractivity contribution in [3.8, 4) is 11.5 Å². The molecule has 3 heterocycles. The van der Waals surface area contributed by atoms with Crippen molar-refractivity contribution >= 4 is 22.7 Å². The van der Waals surface area contributed by atoms with Gasteiger partial charge in [0.15, 0.2) is 23.2 Å². The van der Waals surface area contributed by atoms with E-state index in [0.717, 1.165) is 28.6 Å². The first-order valence-electron chi connectivity index (χ1n) is 10.9. The van der Waals surface area contributed by atoms with Crippen molar-refractivity contribution in [3.63, 3.8) is 0 Å². The highest BCUT2D eigenvalue weighted by molar-refractivity contribution is 5.80. The Kier molecular flexibility index (Phi) is 6.71. The Labute approximate surface area is 190 Å². The van der Waals surface area contributed by atoms with Gasteiger partial charge < -0.3 is 19.7 Å². The summed E-state index contributed by atoms with van der Waals surface area (Å²) in [4.78, 5) is 16.0. The van der Waals surface area contributed by atoms with Crippen LogP contribution in [0, 0.1) is 12.7 Å². The molecule has 1 fully saturated rings. The van der Waals surface area contributed by atoms with Gasteiger partial charge in [0.2, 0.25) is 0 Å². The fraction of sp³-hybridized carbons (Fsp3) is 0.435. The molecule has 1 aromatic carbocycles. The first kappa shape index (κ1) is 22.9. The minimum Gasteiger partial charge on any atom is -0.487 e. The van der Waals surface area contributed by atoms with Crippen LogP contribution >= 0.6 is 0 Å². The van der Waals surface area contributed by atoms with Crippen LogP contribution in [-0.4, -0.2) is 46.8 Å². The number of alkyl halides is 2. The van der Waals surface area contributed by atoms with Gasteiger partial charge in [0, 0.05) is 43.7 Å². The zero-order chi connectivity index (χ0) is 23.5. The van der Waals surface area contributed by atoms with Crippen LogP contribution in [0.3, 0.4) is 0 Å². The number of ether oxygens (including phenoxy) is 2. The van der Waals surface area contributed by atoms with Gasteiger partial charge in [-0.15, -0.1) is 0 Å². The minimum absolute atomic E-state index is 0.0192. The number of hydrogen-bond acceptors (Lipinski definition) is 7. The predicted octanol–water partition coefficient (Wildman–Crippen LogP) is 4.94. The molecule has 1 saturated heterocycles. The van der Waals surface area contributed by atoms with Crippen LogP contribution in [0.15, 0.2) is 30.5 Å². The number of hydrogen-bond donors (Lipinski definition) is 1. The Morgan fingerprint density at radius 2 is 1.85 bits per heavy atom. The first-order chi connectivity index (χ1) is 15.8. The third-order valence-electron chi connectivity index (χ3n) is 5.26. The van der Waals surface area contributed by atoms with E-state index >= 15 is 0 Å². The summed E-state index contributed by atoms with van der Waals surface area (Å²) in [5.41, 5.74) is 2.37. The van der Waals surface area contributed by atoms with Crippen LogP contribution < -0.4 is 19.7 Å². The summed E-state index contributed by atoms with van der Waals surface area (Å²) in [6.07, 6.45) is 2.80. The zero-order valence-corrected chi connectivity index (χ0v) is 18.7. The molecule has 0 atom stereocenters. The molecule has 2 aromatic heterocycles. The summed E-state index contributed by atoms with van der Waals surface area (Å²) in [6.45, 7) is 4.28. The number of fused-ring (bicyclic) bond motifs is 1. The van der Waals surface area contributed by atoms with Crippen molar-refractivity contribution in [1.82, 2.24) is 15.0 Å². The van der Waals surface area contributed by atoms with Gasteiger partial charge in [-0.25, -0.2) is 14.4 Å². The van der Waals surface area contributed by atoms with Crippen molar-refractivity contribution in [2.75, 3.05) is 23.3 Å². The molecule has 0 spiro atoms. The molecule has 0 aliphatic carbocycles. The molecule has 33 heavy (non-hydrogen) atoms. The van der Waals surface area contributed by atoms with Gasteiger partial charge in [-0.3, -0.25) is 4.98 Å². The number of nitrogens with zero attached hydrogens (tertiary/aromatic N) is 4. The topological polar surface area (TPSA) is 72.4 Å². The minimum atomic E-state index is -3.01. The van der Waals surface area contributed by atoms with Gasteiger partial charge >= 0.3 is 6.61 Å². The zero-order valence-electron chi connectivity index (χ0n) is 18.7. The molecule has 0 unspecified atom stereocenters. The number of halogens is 3. The lowest BCUT2D eigenvalue weighted by Gasteiger charge is -2.34. The van der Waals surface area contributed by atoms with Gasteiger partial charge in [0.05, 0.1) is 11.7 Å². The van der Waals surface area contributed by atoms with E-state index in [1.54, 1.807) is 6.20 Å². The molecule has 0 saturated carbocycles. The van der Waals surface area contributed by atoms with E-state index in [4.69, 9.17) is 14.7 Å². The predicted molar refractivity (Wildman–Crippen MR) is 120 cm³/mol. The monoisotopic (exact) mass is 461 g/mol. The molecule has 1 aliphatic rings. The maximum atomic E-state index is 14.3. The van der Waals surface area contributed by atoms with E-state index in [-0.39, 0.29) is 23.6 Å². The number of anilines is 2. The van der Waals surface area contributed by atoms with Crippen LogP contribution in [0.1, 0.15) is 32.4 Å². The normalized spacial score (nSPS) is 14.8. The van der Waals surface area contributed by atoms with Gasteiger partial charge in [-0.1, -0.05) is 0 Å². The standard InChI is InChI=1S/C23H26F3N5O2/c1-13(2)28-21-22(30-18-10-14(3)27-12-19(18)29-21)31-8-6-15(7-9-31)32-20-5-4-16(11-17(20)24)33-23(25)26/h4-5,10-13,15,23H,6-9H2,1-3H3,(H,28,29). The number of aryl methyl sites for hydroxylation is 1. The molecule has 10 heteroatoms. The summed E-state index contributed by atoms with van der Waals surface area (Å²) in [7, 11) is 0. The summed E-state index contributed by atoms with van der Waals surface area (Å²) < 4.78 is 48.9. The molecule has 4 rings (SSSR count). The lowest BCUT2D eigenvalue weighted by molar-refractivity contribution is -0.0500. The number of aromatic nitrogens is 3. The maximum Gasteiger partial charge on any atom is 0.387 e. The molecule has 176 valence electrons. The lowest BCUT2D eigenvalue weighted by atomic mass is 10.1. The largest absolute Gasteiger partial charge is 0.487 e. The molecule has 1 N–H and O–H groups in total. The average Bonchev–Trinajstić information content (AvgIpc) is 2.75. The quantitative estimate of drug-likeness (QED) is 0.534. The second-order valence-electron chi connectivity index (χ2n) is 8.28. The van der Waals surface area contributed by atoms with E-state index in [1.807, 2.05) is 26.8 Å². The van der Waals surface area contributed by atoms with Crippen molar-refractivity contribution in [1.29, 1.82) is 0 Å². The lowest BCUT2D eigenvalue weighted by Crippen LogP contribution is -2.39. The molecule has 7 nitrogen and oxygen atoms in total. The van der Waals surface area contributed by atoms with Gasteiger partial charge in [0.25, 0.3) is 0 Å². The number of benzene rings is 1. The highest BCUT2D eigenvalue weighted by Crippen LogP contribution is 2.30. The SMILES string of the molecule is Cc1cc2nc(N3CCC(Oc4ccc(OC(F)F)cc4F)CC3)c(NC(C)C)nc2cn1. The number of pyridine rings is 1. The Balaban J connectivity index is 1.47. The average molecular weight is 461 g/mol. The Hall–Kier alpha value is -3.30. The molecule has 0 bridgehead atoms. The van der Waals surface area contributed by atoms with Crippen molar-refractivity contribution in [2.45, 2.75) is 52.4 Å². The van der Waals surface area contributed by atoms with Crippen molar-refractivity contribution in [2.24, 2.45) is 0 Å². The third kappa shape index (κ3) is 5.55. The highest BCUT2D eigenvalue weighted by Gasteiger charge is 2.25. The molecule has 3 aromatic rings. The van der Waals surface area contributed by atoms with E-state index in [0.29, 0.717) is 31.7 Å². The summed E-state index contributed by atoms with van der Waals surface area (Å²) in [6, 6.07) is 5.57. The second-order valence-corrected chi connectivity index (χ2v) is 8.28. The molecule has 0 radical (unpaired) electrons. The molecule has 0 amide bonds. The highest BCUT2D eigenvalue weighted by atomic mass is 19.3. The Morgan fingerprint density at radius 1 is 1.09 bits per heavy atom. The Bertz CT molecular complexity index is 1120. The second kappa shape index (κ2) is 9.68. The van der Waals surface area contributed by atoms with Crippen LogP contribution in [0.2, 0.25) is 0 Å². The third-order valence-corrected chi connectivity index (χ3v) is 5.26. The molecular formula is C23H26F3N5O2. The van der Waals surface area contributed by atoms with Crippen molar-refractivity contribution in [3.05, 3.63) is 42.0 Å². The van der Waals surface area contributed by atoms with E-state index in [9.17, 15) is 13.2 Å². The van der Waals surface area contributed by atoms with E-state index in [1.165, 1.54) is 12.1 Å². The van der Waals surface area contributed by atoms with Gasteiger partial charge in [0.1, 0.15) is 17.4 Å². The summed E-state index contributed by atoms with van der Waals surface area (Å²) >= 11 is 0. The van der Waals surface area contributed by atoms with Crippen LogP contribution in [-0.2, 0) is 0 Å². The molecular weight excluding hydrogens is 435 g/mol. The molecule has 1 aliphatic heterocycles. The number of nitrogens with one attached hydrogen (secondary N) is 1. The number of piperidine rings is 1. The summed E-state index contributed by atoms with van der Waals surface area (Å²) in [5, 5.41) is 3.37. The van der Waals surface area contributed by atoms with Gasteiger partial charge in [-0.05, 0) is 39.0 Å². The summed E-state index contributed by atoms with van der Waals surface area (Å²) in [5.74, 6) is 0.507. The maximum absolute atomic E-state index is 14.3.